The summed E-state index contributed by atoms with van der Waals surface area (Å²) in [6.45, 7) is 14.5. The van der Waals surface area contributed by atoms with Crippen LogP contribution in [0.15, 0.2) is 11.6 Å². The molecule has 0 fully saturated rings. The summed E-state index contributed by atoms with van der Waals surface area (Å²) < 4.78 is 5.80. The molecule has 3 atom stereocenters. The highest BCUT2D eigenvalue weighted by Crippen LogP contribution is 2.35. The van der Waals surface area contributed by atoms with Gasteiger partial charge >= 0.3 is 6.09 Å². The molecule has 0 radical (unpaired) electrons. The van der Waals surface area contributed by atoms with Gasteiger partial charge in [-0.1, -0.05) is 19.9 Å². The number of rotatable bonds is 5. The van der Waals surface area contributed by atoms with Crippen LogP contribution in [0.3, 0.4) is 0 Å². The predicted octanol–water partition coefficient (Wildman–Crippen LogP) is 3.84. The third-order valence-corrected chi connectivity index (χ3v) is 4.65. The van der Waals surface area contributed by atoms with Gasteiger partial charge in [0.15, 0.2) is 0 Å². The fourth-order valence-electron chi connectivity index (χ4n) is 3.47. The Kier molecular flexibility index (Phi) is 6.92. The maximum Gasteiger partial charge on any atom is 0.410 e. The van der Waals surface area contributed by atoms with Crippen LogP contribution in [0, 0.1) is 17.8 Å². The second-order valence-electron chi connectivity index (χ2n) is 7.37. The van der Waals surface area contributed by atoms with Crippen molar-refractivity contribution in [2.45, 2.75) is 73.1 Å². The summed E-state index contributed by atoms with van der Waals surface area (Å²) in [4.78, 5) is 14.3. The van der Waals surface area contributed by atoms with Crippen LogP contribution in [-0.2, 0) is 4.74 Å². The summed E-state index contributed by atoms with van der Waals surface area (Å²) in [7, 11) is 0. The van der Waals surface area contributed by atoms with Crippen molar-refractivity contribution in [3.8, 4) is 0 Å². The molecule has 1 amide bonds. The van der Waals surface area contributed by atoms with Crippen LogP contribution in [0.4, 0.5) is 4.79 Å². The Morgan fingerprint density at radius 2 is 1.82 bits per heavy atom. The van der Waals surface area contributed by atoms with Gasteiger partial charge in [-0.2, -0.15) is 0 Å². The molecule has 4 nitrogen and oxygen atoms in total. The third kappa shape index (κ3) is 4.48. The van der Waals surface area contributed by atoms with Gasteiger partial charge in [-0.15, -0.1) is 0 Å². The number of hydrogen-bond donors (Lipinski definition) is 1. The largest absolute Gasteiger partial charge is 0.442 e. The van der Waals surface area contributed by atoms with Crippen LogP contribution < -0.4 is 0 Å². The molecule has 0 aliphatic heterocycles. The highest BCUT2D eigenvalue weighted by atomic mass is 16.6. The average Bonchev–Trinajstić information content (AvgIpc) is 2.39. The summed E-state index contributed by atoms with van der Waals surface area (Å²) in [6.07, 6.45) is 2.46. The Morgan fingerprint density at radius 1 is 1.27 bits per heavy atom. The topological polar surface area (TPSA) is 49.8 Å². The van der Waals surface area contributed by atoms with Crippen LogP contribution in [0.5, 0.6) is 0 Å². The van der Waals surface area contributed by atoms with E-state index in [4.69, 9.17) is 4.74 Å². The maximum atomic E-state index is 12.5. The second-order valence-corrected chi connectivity index (χ2v) is 7.37. The number of aliphatic hydroxyl groups excluding tert-OH is 1. The molecule has 0 saturated carbocycles. The first-order valence-corrected chi connectivity index (χ1v) is 8.47. The van der Waals surface area contributed by atoms with Crippen molar-refractivity contribution in [3.63, 3.8) is 0 Å². The van der Waals surface area contributed by atoms with Gasteiger partial charge in [0.1, 0.15) is 6.10 Å². The predicted molar refractivity (Wildman–Crippen MR) is 89.7 cm³/mol. The monoisotopic (exact) mass is 311 g/mol. The lowest BCUT2D eigenvalue weighted by Gasteiger charge is -2.38. The van der Waals surface area contributed by atoms with E-state index in [2.05, 4.69) is 19.9 Å². The van der Waals surface area contributed by atoms with Crippen LogP contribution in [-0.4, -0.2) is 40.9 Å². The second kappa shape index (κ2) is 8.00. The zero-order valence-electron chi connectivity index (χ0n) is 15.2. The summed E-state index contributed by atoms with van der Waals surface area (Å²) in [5, 5.41) is 9.57. The van der Waals surface area contributed by atoms with Crippen molar-refractivity contribution in [2.24, 2.45) is 17.8 Å². The summed E-state index contributed by atoms with van der Waals surface area (Å²) >= 11 is 0. The molecule has 0 bridgehead atoms. The molecule has 4 heteroatoms. The third-order valence-electron chi connectivity index (χ3n) is 4.65. The first kappa shape index (κ1) is 19.0. The molecular formula is C18H33NO3. The van der Waals surface area contributed by atoms with E-state index in [0.717, 1.165) is 12.0 Å². The van der Waals surface area contributed by atoms with E-state index < -0.39 is 0 Å². The number of amides is 1. The van der Waals surface area contributed by atoms with Gasteiger partial charge in [0, 0.05) is 24.6 Å². The quantitative estimate of drug-likeness (QED) is 0.785. The minimum atomic E-state index is -0.243. The van der Waals surface area contributed by atoms with Gasteiger partial charge in [0.2, 0.25) is 0 Å². The number of nitrogens with zero attached hydrogens (tertiary/aromatic N) is 1. The van der Waals surface area contributed by atoms with Crippen molar-refractivity contribution in [2.75, 3.05) is 6.61 Å². The molecule has 0 aromatic heterocycles. The van der Waals surface area contributed by atoms with Crippen LogP contribution in [0.2, 0.25) is 0 Å². The number of carbonyl (C=O) groups excluding carboxylic acids is 1. The minimum absolute atomic E-state index is 0.117. The van der Waals surface area contributed by atoms with Gasteiger partial charge in [-0.25, -0.2) is 4.79 Å². The van der Waals surface area contributed by atoms with E-state index in [1.807, 2.05) is 34.6 Å². The van der Waals surface area contributed by atoms with Crippen LogP contribution in [0.25, 0.3) is 0 Å². The molecule has 0 aromatic carbocycles. The Labute approximate surface area is 135 Å². The van der Waals surface area contributed by atoms with Gasteiger partial charge in [0.05, 0.1) is 0 Å². The van der Waals surface area contributed by atoms with Crippen molar-refractivity contribution in [3.05, 3.63) is 11.6 Å². The highest BCUT2D eigenvalue weighted by Gasteiger charge is 2.34. The van der Waals surface area contributed by atoms with E-state index in [1.165, 1.54) is 0 Å². The standard InChI is InChI=1S/C18H33NO3/c1-11(2)16-9-17(14(7)8-15(16)10-20)22-18(21)19(12(3)4)13(5)6/h8,11-13,15-17,20H,9-10H2,1-7H3/t15-,16-,17-/m1/s1. The number of ether oxygens (including phenoxy) is 1. The number of aliphatic hydroxyl groups is 1. The first-order chi connectivity index (χ1) is 10.2. The molecule has 128 valence electrons. The van der Waals surface area contributed by atoms with E-state index in [9.17, 15) is 9.90 Å². The Bertz CT molecular complexity index is 393. The van der Waals surface area contributed by atoms with Crippen LogP contribution in [0.1, 0.15) is 54.9 Å². The normalized spacial score (nSPS) is 25.6. The van der Waals surface area contributed by atoms with Crippen molar-refractivity contribution < 1.29 is 14.6 Å². The molecule has 1 rings (SSSR count). The summed E-state index contributed by atoms with van der Waals surface area (Å²) in [5.74, 6) is 0.966. The molecule has 1 aliphatic rings. The van der Waals surface area contributed by atoms with E-state index in [0.29, 0.717) is 11.8 Å². The fourth-order valence-corrected chi connectivity index (χ4v) is 3.47. The molecule has 1 aliphatic carbocycles. The molecule has 0 heterocycles. The lowest BCUT2D eigenvalue weighted by atomic mass is 9.74. The molecular weight excluding hydrogens is 278 g/mol. The smallest absolute Gasteiger partial charge is 0.410 e. The van der Waals surface area contributed by atoms with Crippen molar-refractivity contribution in [1.29, 1.82) is 0 Å². The molecule has 0 saturated heterocycles. The maximum absolute atomic E-state index is 12.5. The zero-order valence-corrected chi connectivity index (χ0v) is 15.2. The number of hydrogen-bond acceptors (Lipinski definition) is 3. The van der Waals surface area contributed by atoms with Gasteiger partial charge in [-0.05, 0) is 58.4 Å². The van der Waals surface area contributed by atoms with E-state index in [-0.39, 0.29) is 36.8 Å². The van der Waals surface area contributed by atoms with Gasteiger partial charge in [0.25, 0.3) is 0 Å². The van der Waals surface area contributed by atoms with Crippen molar-refractivity contribution >= 4 is 6.09 Å². The summed E-state index contributed by atoms with van der Waals surface area (Å²) in [6, 6.07) is 0.234. The fraction of sp³-hybridized carbons (Fsp3) is 0.833. The SMILES string of the molecule is CC1=C[C@H](CO)[C@@H](C(C)C)C[C@H]1OC(=O)N(C(C)C)C(C)C. The molecule has 0 aromatic rings. The Balaban J connectivity index is 2.86. The molecule has 1 N–H and O–H groups in total. The lowest BCUT2D eigenvalue weighted by Crippen LogP contribution is -2.45. The van der Waals surface area contributed by atoms with E-state index >= 15 is 0 Å². The molecule has 22 heavy (non-hydrogen) atoms. The number of carbonyl (C=O) groups is 1. The van der Waals surface area contributed by atoms with Crippen LogP contribution >= 0.6 is 0 Å². The molecule has 0 unspecified atom stereocenters. The molecule has 0 spiro atoms. The Hall–Kier alpha value is -1.03. The first-order valence-electron chi connectivity index (χ1n) is 8.47. The van der Waals surface area contributed by atoms with Gasteiger partial charge in [-0.3, -0.25) is 0 Å². The highest BCUT2D eigenvalue weighted by molar-refractivity contribution is 5.68. The van der Waals surface area contributed by atoms with Gasteiger partial charge < -0.3 is 14.7 Å². The Morgan fingerprint density at radius 3 is 2.23 bits per heavy atom. The summed E-state index contributed by atoms with van der Waals surface area (Å²) in [5.41, 5.74) is 1.05. The zero-order chi connectivity index (χ0) is 17.0. The minimum Gasteiger partial charge on any atom is -0.442 e. The van der Waals surface area contributed by atoms with E-state index in [1.54, 1.807) is 4.90 Å². The van der Waals surface area contributed by atoms with Crippen molar-refractivity contribution in [1.82, 2.24) is 4.90 Å². The average molecular weight is 311 g/mol. The lowest BCUT2D eigenvalue weighted by molar-refractivity contribution is 0.0325.